The minimum atomic E-state index is -1.09. The zero-order valence-corrected chi connectivity index (χ0v) is 32.3. The Morgan fingerprint density at radius 1 is 0.962 bits per heavy atom. The molecule has 12 nitrogen and oxygen atoms in total. The molecule has 290 valence electrons. The number of carboxylic acids is 2. The number of carbonyl (C=O) groups is 5. The SMILES string of the molecule is CC1(C)[C@@H](OC(=O)CCC(=O)O)CC[C@]2(C)[C@H]3C(=O)C=C4[C@@H]5C[C@@](C)(C(=O)NC(CCCNC(=N)N)C(=O)O)CC[C@]5(C)CC[C@@]4(C)[C@]3(C)CC[C@@H]12. The lowest BCUT2D eigenvalue weighted by atomic mass is 9.33. The summed E-state index contributed by atoms with van der Waals surface area (Å²) in [6.07, 6.45) is 8.85. The molecule has 1 unspecified atom stereocenters. The maximum absolute atomic E-state index is 14.8. The summed E-state index contributed by atoms with van der Waals surface area (Å²) in [4.78, 5) is 64.6. The monoisotopic (exact) mass is 726 g/mol. The van der Waals surface area contributed by atoms with Gasteiger partial charge < -0.3 is 31.3 Å². The predicted molar refractivity (Wildman–Crippen MR) is 195 cm³/mol. The third-order valence-corrected chi connectivity index (χ3v) is 15.5. The van der Waals surface area contributed by atoms with Crippen LogP contribution in [0, 0.1) is 55.7 Å². The molecule has 10 atom stereocenters. The van der Waals surface area contributed by atoms with Crippen molar-refractivity contribution < 1.29 is 38.9 Å². The van der Waals surface area contributed by atoms with Gasteiger partial charge in [0.05, 0.1) is 12.8 Å². The Labute approximate surface area is 308 Å². The molecule has 0 heterocycles. The number of esters is 1. The second-order valence-corrected chi connectivity index (χ2v) is 18.8. The molecule has 0 aliphatic heterocycles. The van der Waals surface area contributed by atoms with Gasteiger partial charge in [0.25, 0.3) is 0 Å². The number of nitrogens with two attached hydrogens (primary N) is 1. The molecule has 0 aromatic heterocycles. The summed E-state index contributed by atoms with van der Waals surface area (Å²) in [5.74, 6) is -3.00. The lowest BCUT2D eigenvalue weighted by Crippen LogP contribution is -2.67. The minimum absolute atomic E-state index is 0.00319. The summed E-state index contributed by atoms with van der Waals surface area (Å²) < 4.78 is 5.94. The molecule has 12 heteroatoms. The van der Waals surface area contributed by atoms with Crippen LogP contribution in [0.3, 0.4) is 0 Å². The van der Waals surface area contributed by atoms with Crippen LogP contribution in [0.15, 0.2) is 11.6 Å². The minimum Gasteiger partial charge on any atom is -0.481 e. The number of ketones is 1. The third-order valence-electron chi connectivity index (χ3n) is 15.5. The number of guanidine groups is 1. The number of carboxylic acid groups (broad SMARTS) is 2. The van der Waals surface area contributed by atoms with E-state index in [1.165, 1.54) is 0 Å². The van der Waals surface area contributed by atoms with Gasteiger partial charge in [0, 0.05) is 23.3 Å². The Balaban J connectivity index is 1.40. The predicted octanol–water partition coefficient (Wildman–Crippen LogP) is 5.58. The van der Waals surface area contributed by atoms with Crippen molar-refractivity contribution in [3.63, 3.8) is 0 Å². The lowest BCUT2D eigenvalue weighted by molar-refractivity contribution is -0.211. The van der Waals surface area contributed by atoms with Crippen molar-refractivity contribution in [2.75, 3.05) is 6.54 Å². The Hall–Kier alpha value is -3.44. The number of ether oxygens (including phenoxy) is 1. The van der Waals surface area contributed by atoms with Crippen LogP contribution >= 0.6 is 0 Å². The molecular weight excluding hydrogens is 664 g/mol. The summed E-state index contributed by atoms with van der Waals surface area (Å²) in [5.41, 5.74) is 4.32. The molecule has 4 saturated carbocycles. The molecule has 0 bridgehead atoms. The van der Waals surface area contributed by atoms with Crippen molar-refractivity contribution >= 4 is 35.6 Å². The van der Waals surface area contributed by atoms with Crippen LogP contribution in [0.25, 0.3) is 0 Å². The normalized spacial score (nSPS) is 39.6. The van der Waals surface area contributed by atoms with Gasteiger partial charge in [-0.1, -0.05) is 54.0 Å². The van der Waals surface area contributed by atoms with Crippen LogP contribution in [-0.2, 0) is 28.7 Å². The number of hydrogen-bond donors (Lipinski definition) is 6. The third kappa shape index (κ3) is 6.65. The molecule has 7 N–H and O–H groups in total. The fourth-order valence-electron chi connectivity index (χ4n) is 12.1. The average molecular weight is 727 g/mol. The van der Waals surface area contributed by atoms with Gasteiger partial charge in [-0.3, -0.25) is 24.6 Å². The van der Waals surface area contributed by atoms with Gasteiger partial charge in [0.1, 0.15) is 12.1 Å². The van der Waals surface area contributed by atoms with Crippen LogP contribution < -0.4 is 16.4 Å². The number of amides is 1. The highest BCUT2D eigenvalue weighted by Gasteiger charge is 2.70. The first-order valence-corrected chi connectivity index (χ1v) is 19.3. The van der Waals surface area contributed by atoms with E-state index >= 15 is 0 Å². The zero-order chi connectivity index (χ0) is 38.7. The summed E-state index contributed by atoms with van der Waals surface area (Å²) in [7, 11) is 0. The first-order valence-electron chi connectivity index (χ1n) is 19.3. The highest BCUT2D eigenvalue weighted by Crippen LogP contribution is 2.75. The number of fused-ring (bicyclic) bond motifs is 7. The average Bonchev–Trinajstić information content (AvgIpc) is 3.04. The lowest BCUT2D eigenvalue weighted by Gasteiger charge is -2.70. The number of carbonyl (C=O) groups excluding carboxylic acids is 3. The maximum Gasteiger partial charge on any atom is 0.326 e. The molecule has 0 aromatic rings. The van der Waals surface area contributed by atoms with E-state index < -0.39 is 34.8 Å². The quantitative estimate of drug-likeness (QED) is 0.0674. The van der Waals surface area contributed by atoms with Crippen molar-refractivity contribution in [1.82, 2.24) is 10.6 Å². The summed E-state index contributed by atoms with van der Waals surface area (Å²) >= 11 is 0. The number of rotatable bonds is 11. The van der Waals surface area contributed by atoms with E-state index in [1.54, 1.807) is 0 Å². The first kappa shape index (κ1) is 39.8. The number of allylic oxidation sites excluding steroid dienone is 2. The van der Waals surface area contributed by atoms with E-state index in [2.05, 4.69) is 52.2 Å². The van der Waals surface area contributed by atoms with Crippen LogP contribution in [-0.4, -0.2) is 64.5 Å². The highest BCUT2D eigenvalue weighted by atomic mass is 16.5. The van der Waals surface area contributed by atoms with Crippen molar-refractivity contribution in [2.45, 2.75) is 144 Å². The molecule has 5 aliphatic carbocycles. The molecular formula is C40H62N4O8. The fourth-order valence-corrected chi connectivity index (χ4v) is 12.1. The van der Waals surface area contributed by atoms with Crippen LogP contribution in [0.1, 0.15) is 132 Å². The largest absolute Gasteiger partial charge is 0.481 e. The van der Waals surface area contributed by atoms with Crippen molar-refractivity contribution in [1.29, 1.82) is 5.41 Å². The summed E-state index contributed by atoms with van der Waals surface area (Å²) in [6, 6.07) is -1.05. The van der Waals surface area contributed by atoms with Crippen LogP contribution in [0.4, 0.5) is 0 Å². The van der Waals surface area contributed by atoms with Crippen LogP contribution in [0.5, 0.6) is 0 Å². The molecule has 52 heavy (non-hydrogen) atoms. The highest BCUT2D eigenvalue weighted by molar-refractivity contribution is 5.96. The smallest absolute Gasteiger partial charge is 0.326 e. The second kappa shape index (κ2) is 13.8. The van der Waals surface area contributed by atoms with Gasteiger partial charge in [-0.25, -0.2) is 4.79 Å². The molecule has 1 amide bonds. The van der Waals surface area contributed by atoms with Gasteiger partial charge in [0.2, 0.25) is 5.91 Å². The molecule has 0 spiro atoms. The van der Waals surface area contributed by atoms with E-state index in [0.29, 0.717) is 32.2 Å². The fraction of sp³-hybridized carbons (Fsp3) is 0.800. The topological polar surface area (TPSA) is 209 Å². The number of hydrogen-bond acceptors (Lipinski definition) is 7. The van der Waals surface area contributed by atoms with Crippen molar-refractivity contribution in [3.05, 3.63) is 11.6 Å². The standard InChI is InChI=1S/C40H62N4O8/c1-35(2)27-12-15-40(7)31(38(27,5)14-13-28(35)52-30(48)11-10-29(46)47)26(45)21-23-24-22-37(4,17-16-36(24,3)18-19-39(23,40)6)33(51)44-25(32(49)50)9-8-20-43-34(41)42/h21,24-25,27-28,31H,8-20,22H2,1-7H3,(H,44,51)(H,46,47)(H,49,50)(H4,41,42,43)/t24-,25?,27-,28-,31+,36+,37-,38-,39+,40+/m0/s1. The van der Waals surface area contributed by atoms with Gasteiger partial charge in [-0.15, -0.1) is 0 Å². The Kier molecular flexibility index (Phi) is 10.5. The zero-order valence-electron chi connectivity index (χ0n) is 32.3. The van der Waals surface area contributed by atoms with Gasteiger partial charge in [0.15, 0.2) is 11.7 Å². The maximum atomic E-state index is 14.8. The molecule has 0 saturated heterocycles. The molecule has 4 fully saturated rings. The molecule has 5 rings (SSSR count). The molecule has 0 radical (unpaired) electrons. The van der Waals surface area contributed by atoms with E-state index in [-0.39, 0.29) is 82.4 Å². The van der Waals surface area contributed by atoms with Gasteiger partial charge in [-0.2, -0.15) is 0 Å². The Morgan fingerprint density at radius 2 is 1.63 bits per heavy atom. The van der Waals surface area contributed by atoms with E-state index in [0.717, 1.165) is 44.1 Å². The molecule has 5 aliphatic rings. The second-order valence-electron chi connectivity index (χ2n) is 18.8. The van der Waals surface area contributed by atoms with Gasteiger partial charge in [-0.05, 0) is 110 Å². The van der Waals surface area contributed by atoms with E-state index in [1.807, 2.05) is 13.0 Å². The summed E-state index contributed by atoms with van der Waals surface area (Å²) in [6.45, 7) is 15.8. The number of nitrogens with one attached hydrogen (secondary N) is 3. The van der Waals surface area contributed by atoms with E-state index in [4.69, 9.17) is 21.0 Å². The van der Waals surface area contributed by atoms with Crippen LogP contribution in [0.2, 0.25) is 0 Å². The van der Waals surface area contributed by atoms with Crippen molar-refractivity contribution in [2.24, 2.45) is 56.0 Å². The Bertz CT molecular complexity index is 1540. The summed E-state index contributed by atoms with van der Waals surface area (Å²) in [5, 5.41) is 31.8. The number of aliphatic carboxylic acids is 2. The van der Waals surface area contributed by atoms with E-state index in [9.17, 15) is 29.1 Å². The first-order chi connectivity index (χ1) is 24.0. The Morgan fingerprint density at radius 3 is 2.27 bits per heavy atom. The van der Waals surface area contributed by atoms with Crippen molar-refractivity contribution in [3.8, 4) is 0 Å². The molecule has 0 aromatic carbocycles. The van der Waals surface area contributed by atoms with Gasteiger partial charge >= 0.3 is 17.9 Å².